The maximum absolute atomic E-state index is 13.4. The third-order valence-corrected chi connectivity index (χ3v) is 4.11. The summed E-state index contributed by atoms with van der Waals surface area (Å²) < 4.78 is 13.5. The van der Waals surface area contributed by atoms with Crippen LogP contribution in [0.25, 0.3) is 0 Å². The fourth-order valence-corrected chi connectivity index (χ4v) is 2.79. The number of hydrogen-bond donors (Lipinski definition) is 2. The van der Waals surface area contributed by atoms with Crippen LogP contribution in [0.1, 0.15) is 25.7 Å². The van der Waals surface area contributed by atoms with Crippen molar-refractivity contribution in [1.82, 2.24) is 0 Å². The van der Waals surface area contributed by atoms with Crippen LogP contribution >= 0.6 is 15.9 Å². The second-order valence-corrected chi connectivity index (χ2v) is 5.67. The molecule has 0 spiro atoms. The molecule has 2 N–H and O–H groups in total. The lowest BCUT2D eigenvalue weighted by Gasteiger charge is -2.29. The molecule has 19 heavy (non-hydrogen) atoms. The Labute approximate surface area is 118 Å². The number of nitrogens with one attached hydrogen (secondary N) is 1. The fraction of sp³-hybridized carbons (Fsp3) is 0.500. The molecule has 0 atom stereocenters. The Morgan fingerprint density at radius 2 is 2.11 bits per heavy atom. The van der Waals surface area contributed by atoms with Gasteiger partial charge < -0.3 is 10.4 Å². The van der Waals surface area contributed by atoms with E-state index in [1.54, 1.807) is 0 Å². The Morgan fingerprint density at radius 1 is 1.47 bits per heavy atom. The van der Waals surface area contributed by atoms with Crippen molar-refractivity contribution in [3.63, 3.8) is 0 Å². The highest BCUT2D eigenvalue weighted by Gasteiger charge is 2.35. The van der Waals surface area contributed by atoms with Gasteiger partial charge in [-0.05, 0) is 34.8 Å². The van der Waals surface area contributed by atoms with Crippen LogP contribution < -0.4 is 5.32 Å². The van der Waals surface area contributed by atoms with Crippen LogP contribution in [0.15, 0.2) is 16.6 Å². The average molecular weight is 333 g/mol. The van der Waals surface area contributed by atoms with Crippen molar-refractivity contribution in [2.45, 2.75) is 31.2 Å². The maximum atomic E-state index is 13.4. The van der Waals surface area contributed by atoms with E-state index in [1.165, 1.54) is 6.07 Å². The molecule has 0 aromatic heterocycles. The van der Waals surface area contributed by atoms with Crippen molar-refractivity contribution in [3.05, 3.63) is 32.5 Å². The van der Waals surface area contributed by atoms with E-state index in [4.69, 9.17) is 0 Å². The number of nitro groups is 1. The van der Waals surface area contributed by atoms with E-state index in [1.807, 2.05) is 0 Å². The molecule has 0 amide bonds. The molecule has 1 aromatic rings. The van der Waals surface area contributed by atoms with Gasteiger partial charge in [-0.15, -0.1) is 0 Å². The van der Waals surface area contributed by atoms with Crippen molar-refractivity contribution < 1.29 is 14.4 Å². The van der Waals surface area contributed by atoms with Gasteiger partial charge >= 0.3 is 0 Å². The number of anilines is 1. The van der Waals surface area contributed by atoms with Crippen LogP contribution in [0.3, 0.4) is 0 Å². The molecule has 1 saturated carbocycles. The molecular formula is C12H14BrFN2O3. The normalized spacial score (nSPS) is 17.4. The monoisotopic (exact) mass is 332 g/mol. The quantitative estimate of drug-likeness (QED) is 0.655. The summed E-state index contributed by atoms with van der Waals surface area (Å²) in [6.07, 6.45) is 3.42. The van der Waals surface area contributed by atoms with Crippen LogP contribution in [0.4, 0.5) is 15.8 Å². The largest absolute Gasteiger partial charge is 0.394 e. The summed E-state index contributed by atoms with van der Waals surface area (Å²) in [4.78, 5) is 10.3. The maximum Gasteiger partial charge on any atom is 0.295 e. The van der Waals surface area contributed by atoms with Gasteiger partial charge in [0, 0.05) is 0 Å². The number of aliphatic hydroxyl groups excluding tert-OH is 1. The van der Waals surface area contributed by atoms with Gasteiger partial charge in [0.15, 0.2) is 0 Å². The van der Waals surface area contributed by atoms with E-state index in [-0.39, 0.29) is 22.5 Å². The lowest BCUT2D eigenvalue weighted by molar-refractivity contribution is -0.384. The van der Waals surface area contributed by atoms with Crippen LogP contribution in [0, 0.1) is 15.9 Å². The second kappa shape index (κ2) is 5.42. The SMILES string of the molecule is O=[N+]([O-])c1cc(F)c(Br)cc1NC1(CO)CCCC1. The molecule has 2 rings (SSSR count). The number of nitrogens with zero attached hydrogens (tertiary/aromatic N) is 1. The van der Waals surface area contributed by atoms with E-state index in [0.717, 1.165) is 31.7 Å². The lowest BCUT2D eigenvalue weighted by Crippen LogP contribution is -2.39. The van der Waals surface area contributed by atoms with Crippen molar-refractivity contribution in [3.8, 4) is 0 Å². The zero-order valence-electron chi connectivity index (χ0n) is 10.2. The molecule has 104 valence electrons. The topological polar surface area (TPSA) is 75.4 Å². The van der Waals surface area contributed by atoms with Gasteiger partial charge in [0.2, 0.25) is 0 Å². The molecule has 1 aromatic carbocycles. The summed E-state index contributed by atoms with van der Waals surface area (Å²) in [7, 11) is 0. The van der Waals surface area contributed by atoms with Gasteiger partial charge in [0.05, 0.1) is 27.6 Å². The third kappa shape index (κ3) is 2.87. The summed E-state index contributed by atoms with van der Waals surface area (Å²) in [5, 5.41) is 23.5. The van der Waals surface area contributed by atoms with E-state index in [2.05, 4.69) is 21.2 Å². The molecule has 0 saturated heterocycles. The highest BCUT2D eigenvalue weighted by Crippen LogP contribution is 2.37. The highest BCUT2D eigenvalue weighted by atomic mass is 79.9. The summed E-state index contributed by atoms with van der Waals surface area (Å²) in [5.74, 6) is -0.679. The van der Waals surface area contributed by atoms with Gasteiger partial charge in [0.25, 0.3) is 5.69 Å². The Kier molecular flexibility index (Phi) is 4.05. The Balaban J connectivity index is 2.38. The molecular weight excluding hydrogens is 319 g/mol. The molecule has 7 heteroatoms. The number of aliphatic hydroxyl groups is 1. The van der Waals surface area contributed by atoms with Crippen molar-refractivity contribution in [1.29, 1.82) is 0 Å². The molecule has 1 aliphatic rings. The van der Waals surface area contributed by atoms with E-state index >= 15 is 0 Å². The Hall–Kier alpha value is -1.21. The molecule has 5 nitrogen and oxygen atoms in total. The summed E-state index contributed by atoms with van der Waals surface area (Å²) in [6, 6.07) is 2.23. The van der Waals surface area contributed by atoms with Gasteiger partial charge in [-0.2, -0.15) is 0 Å². The first-order chi connectivity index (χ1) is 8.97. The van der Waals surface area contributed by atoms with Crippen LogP contribution in [-0.2, 0) is 0 Å². The van der Waals surface area contributed by atoms with E-state index < -0.39 is 16.3 Å². The molecule has 0 unspecified atom stereocenters. The van der Waals surface area contributed by atoms with Crippen molar-refractivity contribution in [2.24, 2.45) is 0 Å². The molecule has 0 radical (unpaired) electrons. The number of hydrogen-bond acceptors (Lipinski definition) is 4. The van der Waals surface area contributed by atoms with Crippen LogP contribution in [0.2, 0.25) is 0 Å². The molecule has 0 aliphatic heterocycles. The van der Waals surface area contributed by atoms with E-state index in [9.17, 15) is 19.6 Å². The number of rotatable bonds is 4. The zero-order chi connectivity index (χ0) is 14.0. The van der Waals surface area contributed by atoms with Gasteiger partial charge in [-0.1, -0.05) is 12.8 Å². The van der Waals surface area contributed by atoms with Crippen molar-refractivity contribution in [2.75, 3.05) is 11.9 Å². The molecule has 0 heterocycles. The predicted octanol–water partition coefficient (Wildman–Crippen LogP) is 3.21. The number of benzene rings is 1. The van der Waals surface area contributed by atoms with E-state index in [0.29, 0.717) is 0 Å². The molecule has 0 bridgehead atoms. The fourth-order valence-electron chi connectivity index (χ4n) is 2.45. The summed E-state index contributed by atoms with van der Waals surface area (Å²) in [5.41, 5.74) is -0.628. The Bertz CT molecular complexity index is 504. The van der Waals surface area contributed by atoms with Crippen LogP contribution in [-0.4, -0.2) is 22.2 Å². The van der Waals surface area contributed by atoms with Gasteiger partial charge in [-0.25, -0.2) is 4.39 Å². The van der Waals surface area contributed by atoms with Gasteiger partial charge in [-0.3, -0.25) is 10.1 Å². The lowest BCUT2D eigenvalue weighted by atomic mass is 9.98. The molecule has 1 aliphatic carbocycles. The standard InChI is InChI=1S/C12H14BrFN2O3/c13-8-5-10(11(16(18)19)6-9(8)14)15-12(7-17)3-1-2-4-12/h5-6,15,17H,1-4,7H2. The summed E-state index contributed by atoms with van der Waals surface area (Å²) in [6.45, 7) is -0.0981. The minimum atomic E-state index is -0.679. The first-order valence-electron chi connectivity index (χ1n) is 6.00. The third-order valence-electron chi connectivity index (χ3n) is 3.50. The minimum Gasteiger partial charge on any atom is -0.394 e. The highest BCUT2D eigenvalue weighted by molar-refractivity contribution is 9.10. The molecule has 1 fully saturated rings. The smallest absolute Gasteiger partial charge is 0.295 e. The number of nitro benzene ring substituents is 1. The minimum absolute atomic E-state index is 0.0981. The first-order valence-corrected chi connectivity index (χ1v) is 6.79. The second-order valence-electron chi connectivity index (χ2n) is 4.81. The first kappa shape index (κ1) is 14.2. The zero-order valence-corrected chi connectivity index (χ0v) is 11.7. The van der Waals surface area contributed by atoms with Crippen LogP contribution in [0.5, 0.6) is 0 Å². The summed E-state index contributed by atoms with van der Waals surface area (Å²) >= 11 is 3.02. The number of halogens is 2. The van der Waals surface area contributed by atoms with Gasteiger partial charge in [0.1, 0.15) is 11.5 Å². The average Bonchev–Trinajstić information content (AvgIpc) is 2.82. The van der Waals surface area contributed by atoms with Crippen molar-refractivity contribution >= 4 is 27.3 Å². The Morgan fingerprint density at radius 3 is 2.63 bits per heavy atom. The predicted molar refractivity (Wildman–Crippen MR) is 72.7 cm³/mol.